The number of amides is 1. The average molecular weight is 332 g/mol. The standard InChI is InChI=1S/C17H24N4OS/c1-4-13-6-8-14(9-7-13)11-21-17(12(3)23-5-2)19-16(20-21)10-15(18)22/h6-9,12H,4-5,10-11H2,1-3H3,(H2,18,22). The molecule has 124 valence electrons. The number of hydrogen-bond acceptors (Lipinski definition) is 4. The Morgan fingerprint density at radius 2 is 1.91 bits per heavy atom. The molecule has 0 bridgehead atoms. The van der Waals surface area contributed by atoms with E-state index >= 15 is 0 Å². The molecule has 2 N–H and O–H groups in total. The fraction of sp³-hybridized carbons (Fsp3) is 0.471. The Bertz CT molecular complexity index is 651. The second-order valence-electron chi connectivity index (χ2n) is 5.45. The number of nitrogens with zero attached hydrogens (tertiary/aromatic N) is 3. The smallest absolute Gasteiger partial charge is 0.225 e. The van der Waals surface area contributed by atoms with E-state index in [1.54, 1.807) is 0 Å². The van der Waals surface area contributed by atoms with Crippen molar-refractivity contribution in [2.24, 2.45) is 5.73 Å². The Morgan fingerprint density at radius 3 is 2.48 bits per heavy atom. The van der Waals surface area contributed by atoms with Crippen molar-refractivity contribution < 1.29 is 4.79 Å². The van der Waals surface area contributed by atoms with Crippen LogP contribution in [0, 0.1) is 0 Å². The van der Waals surface area contributed by atoms with E-state index in [1.165, 1.54) is 11.1 Å². The Morgan fingerprint density at radius 1 is 1.26 bits per heavy atom. The minimum absolute atomic E-state index is 0.0816. The SMILES string of the molecule is CCSC(C)c1nc(CC(N)=O)nn1Cc1ccc(CC)cc1. The summed E-state index contributed by atoms with van der Waals surface area (Å²) in [6.45, 7) is 7.03. The highest BCUT2D eigenvalue weighted by atomic mass is 32.2. The quantitative estimate of drug-likeness (QED) is 0.806. The van der Waals surface area contributed by atoms with Crippen molar-refractivity contribution in [1.82, 2.24) is 14.8 Å². The summed E-state index contributed by atoms with van der Waals surface area (Å²) in [6.07, 6.45) is 1.11. The Kier molecular flexibility index (Phi) is 6.21. The van der Waals surface area contributed by atoms with Crippen molar-refractivity contribution in [3.05, 3.63) is 47.0 Å². The molecule has 0 saturated heterocycles. The molecular formula is C17H24N4OS. The number of carbonyl (C=O) groups excluding carboxylic acids is 1. The lowest BCUT2D eigenvalue weighted by Gasteiger charge is -2.11. The Hall–Kier alpha value is -1.82. The van der Waals surface area contributed by atoms with Gasteiger partial charge >= 0.3 is 0 Å². The van der Waals surface area contributed by atoms with Gasteiger partial charge in [0.15, 0.2) is 5.82 Å². The molecule has 1 unspecified atom stereocenters. The predicted molar refractivity (Wildman–Crippen MR) is 94.4 cm³/mol. The first-order valence-corrected chi connectivity index (χ1v) is 8.99. The molecule has 0 saturated carbocycles. The molecule has 5 nitrogen and oxygen atoms in total. The van der Waals surface area contributed by atoms with Crippen LogP contribution < -0.4 is 5.73 Å². The highest BCUT2D eigenvalue weighted by molar-refractivity contribution is 7.99. The molecule has 6 heteroatoms. The van der Waals surface area contributed by atoms with Crippen LogP contribution in [0.4, 0.5) is 0 Å². The van der Waals surface area contributed by atoms with Crippen molar-refractivity contribution in [2.75, 3.05) is 5.75 Å². The fourth-order valence-corrected chi connectivity index (χ4v) is 3.25. The third kappa shape index (κ3) is 4.82. The zero-order valence-corrected chi connectivity index (χ0v) is 14.8. The number of aryl methyl sites for hydroxylation is 1. The highest BCUT2D eigenvalue weighted by Gasteiger charge is 2.17. The molecule has 0 radical (unpaired) electrons. The van der Waals surface area contributed by atoms with Crippen LogP contribution in [0.1, 0.15) is 48.8 Å². The lowest BCUT2D eigenvalue weighted by atomic mass is 10.1. The number of carbonyl (C=O) groups is 1. The van der Waals surface area contributed by atoms with Crippen molar-refractivity contribution in [1.29, 1.82) is 0 Å². The molecule has 23 heavy (non-hydrogen) atoms. The molecule has 1 aromatic heterocycles. The molecule has 1 heterocycles. The van der Waals surface area contributed by atoms with Crippen LogP contribution in [-0.2, 0) is 24.2 Å². The first kappa shape index (κ1) is 17.5. The maximum Gasteiger partial charge on any atom is 0.225 e. The molecule has 0 aliphatic rings. The van der Waals surface area contributed by atoms with E-state index in [1.807, 2.05) is 16.4 Å². The minimum atomic E-state index is -0.406. The third-order valence-corrected chi connectivity index (χ3v) is 4.66. The molecule has 2 rings (SSSR count). The van der Waals surface area contributed by atoms with Gasteiger partial charge in [-0.15, -0.1) is 0 Å². The minimum Gasteiger partial charge on any atom is -0.369 e. The van der Waals surface area contributed by atoms with Gasteiger partial charge in [-0.25, -0.2) is 9.67 Å². The van der Waals surface area contributed by atoms with Gasteiger partial charge in [-0.2, -0.15) is 16.9 Å². The Labute approximate surface area is 141 Å². The molecule has 2 aromatic rings. The summed E-state index contributed by atoms with van der Waals surface area (Å²) in [5.74, 6) is 2.00. The average Bonchev–Trinajstić information content (AvgIpc) is 2.90. The molecule has 0 spiro atoms. The van der Waals surface area contributed by atoms with Crippen LogP contribution >= 0.6 is 11.8 Å². The van der Waals surface area contributed by atoms with Crippen molar-refractivity contribution >= 4 is 17.7 Å². The van der Waals surface area contributed by atoms with E-state index in [4.69, 9.17) is 5.73 Å². The normalized spacial score (nSPS) is 12.3. The molecule has 1 aromatic carbocycles. The van der Waals surface area contributed by atoms with Crippen LogP contribution in [0.15, 0.2) is 24.3 Å². The van der Waals surface area contributed by atoms with Gasteiger partial charge in [0.1, 0.15) is 5.82 Å². The number of aromatic nitrogens is 3. The van der Waals surface area contributed by atoms with E-state index in [0.29, 0.717) is 12.4 Å². The van der Waals surface area contributed by atoms with Gasteiger partial charge in [0.2, 0.25) is 5.91 Å². The molecule has 0 fully saturated rings. The number of hydrogen-bond donors (Lipinski definition) is 1. The third-order valence-electron chi connectivity index (χ3n) is 3.62. The highest BCUT2D eigenvalue weighted by Crippen LogP contribution is 2.27. The van der Waals surface area contributed by atoms with Gasteiger partial charge in [0.25, 0.3) is 0 Å². The Balaban J connectivity index is 2.26. The van der Waals surface area contributed by atoms with Crippen molar-refractivity contribution in [3.8, 4) is 0 Å². The largest absolute Gasteiger partial charge is 0.369 e. The van der Waals surface area contributed by atoms with Crippen LogP contribution in [0.5, 0.6) is 0 Å². The van der Waals surface area contributed by atoms with E-state index in [0.717, 1.165) is 18.0 Å². The van der Waals surface area contributed by atoms with Gasteiger partial charge in [0.05, 0.1) is 18.2 Å². The van der Waals surface area contributed by atoms with Crippen LogP contribution in [0.25, 0.3) is 0 Å². The lowest BCUT2D eigenvalue weighted by molar-refractivity contribution is -0.117. The molecular weight excluding hydrogens is 308 g/mol. The summed E-state index contributed by atoms with van der Waals surface area (Å²) in [4.78, 5) is 15.7. The zero-order chi connectivity index (χ0) is 16.8. The number of primary amides is 1. The monoisotopic (exact) mass is 332 g/mol. The summed E-state index contributed by atoms with van der Waals surface area (Å²) < 4.78 is 1.90. The summed E-state index contributed by atoms with van der Waals surface area (Å²) in [7, 11) is 0. The van der Waals surface area contributed by atoms with Crippen molar-refractivity contribution in [2.45, 2.75) is 45.4 Å². The van der Waals surface area contributed by atoms with Crippen LogP contribution in [-0.4, -0.2) is 26.4 Å². The number of benzene rings is 1. The van der Waals surface area contributed by atoms with Gasteiger partial charge in [0, 0.05) is 0 Å². The van der Waals surface area contributed by atoms with E-state index in [-0.39, 0.29) is 11.7 Å². The number of rotatable bonds is 8. The van der Waals surface area contributed by atoms with Gasteiger partial charge < -0.3 is 5.73 Å². The summed E-state index contributed by atoms with van der Waals surface area (Å²) in [6, 6.07) is 8.52. The molecule has 1 atom stereocenters. The second-order valence-corrected chi connectivity index (χ2v) is 7.07. The van der Waals surface area contributed by atoms with Crippen LogP contribution in [0.2, 0.25) is 0 Å². The molecule has 1 amide bonds. The topological polar surface area (TPSA) is 73.8 Å². The molecule has 0 aliphatic carbocycles. The fourth-order valence-electron chi connectivity index (χ4n) is 2.43. The van der Waals surface area contributed by atoms with Gasteiger partial charge in [-0.3, -0.25) is 4.79 Å². The van der Waals surface area contributed by atoms with Crippen molar-refractivity contribution in [3.63, 3.8) is 0 Å². The first-order chi connectivity index (χ1) is 11.0. The molecule has 0 aliphatic heterocycles. The van der Waals surface area contributed by atoms with Gasteiger partial charge in [-0.1, -0.05) is 38.1 Å². The maximum atomic E-state index is 11.1. The summed E-state index contributed by atoms with van der Waals surface area (Å²) in [5.41, 5.74) is 7.76. The number of nitrogens with two attached hydrogens (primary N) is 1. The lowest BCUT2D eigenvalue weighted by Crippen LogP contribution is -2.15. The van der Waals surface area contributed by atoms with E-state index in [2.05, 4.69) is 55.1 Å². The van der Waals surface area contributed by atoms with Crippen LogP contribution in [0.3, 0.4) is 0 Å². The summed E-state index contributed by atoms with van der Waals surface area (Å²) in [5, 5.41) is 4.71. The van der Waals surface area contributed by atoms with Gasteiger partial charge in [-0.05, 0) is 30.2 Å². The summed E-state index contributed by atoms with van der Waals surface area (Å²) >= 11 is 1.81. The van der Waals surface area contributed by atoms with E-state index in [9.17, 15) is 4.79 Å². The maximum absolute atomic E-state index is 11.1. The predicted octanol–water partition coefficient (Wildman–Crippen LogP) is 2.73. The second kappa shape index (κ2) is 8.15. The number of thioether (sulfide) groups is 1. The van der Waals surface area contributed by atoms with E-state index < -0.39 is 5.91 Å². The zero-order valence-electron chi connectivity index (χ0n) is 14.0. The first-order valence-electron chi connectivity index (χ1n) is 7.94.